The molecular weight excluding hydrogens is 299 g/mol. The summed E-state index contributed by atoms with van der Waals surface area (Å²) < 4.78 is 13.6. The van der Waals surface area contributed by atoms with Crippen LogP contribution >= 0.6 is 15.9 Å². The van der Waals surface area contributed by atoms with Crippen molar-refractivity contribution in [3.8, 4) is 0 Å². The molecule has 1 atom stereocenters. The molecule has 0 bridgehead atoms. The van der Waals surface area contributed by atoms with Crippen molar-refractivity contribution in [2.24, 2.45) is 5.73 Å². The molecule has 1 aromatic carbocycles. The molecule has 3 nitrogen and oxygen atoms in total. The Morgan fingerprint density at radius 3 is 2.83 bits per heavy atom. The number of carbonyl (C=O) groups excluding carboxylic acids is 1. The van der Waals surface area contributed by atoms with Gasteiger partial charge in [-0.1, -0.05) is 0 Å². The fourth-order valence-corrected chi connectivity index (χ4v) is 1.92. The Morgan fingerprint density at radius 2 is 2.22 bits per heavy atom. The van der Waals surface area contributed by atoms with Gasteiger partial charge in [0.2, 0.25) is 5.91 Å². The predicted octanol–water partition coefficient (Wildman–Crippen LogP) is 3.35. The fourth-order valence-electron chi connectivity index (χ4n) is 1.58. The number of hydrogen-bond acceptors (Lipinski definition) is 2. The molecular formula is C13H18BrFN2O. The van der Waals surface area contributed by atoms with E-state index in [1.54, 1.807) is 13.0 Å². The van der Waals surface area contributed by atoms with Gasteiger partial charge < -0.3 is 11.1 Å². The minimum absolute atomic E-state index is 0.0720. The molecule has 1 unspecified atom stereocenters. The van der Waals surface area contributed by atoms with Gasteiger partial charge in [0, 0.05) is 18.2 Å². The number of rotatable bonds is 5. The molecule has 5 heteroatoms. The molecule has 18 heavy (non-hydrogen) atoms. The van der Waals surface area contributed by atoms with Crippen molar-refractivity contribution >= 4 is 27.5 Å². The van der Waals surface area contributed by atoms with Gasteiger partial charge >= 0.3 is 0 Å². The van der Waals surface area contributed by atoms with Gasteiger partial charge in [0.05, 0.1) is 4.47 Å². The van der Waals surface area contributed by atoms with Gasteiger partial charge in [-0.05, 0) is 60.3 Å². The molecule has 0 aliphatic rings. The summed E-state index contributed by atoms with van der Waals surface area (Å²) in [6, 6.07) is 3.08. The Kier molecular flexibility index (Phi) is 5.75. The first-order chi connectivity index (χ1) is 8.40. The first-order valence-corrected chi connectivity index (χ1v) is 6.70. The Labute approximate surface area is 115 Å². The molecule has 100 valence electrons. The summed E-state index contributed by atoms with van der Waals surface area (Å²) in [6.45, 7) is 3.67. The highest BCUT2D eigenvalue weighted by molar-refractivity contribution is 9.10. The van der Waals surface area contributed by atoms with Crippen LogP contribution in [0.15, 0.2) is 16.6 Å². The molecule has 0 heterocycles. The molecule has 3 N–H and O–H groups in total. The third kappa shape index (κ3) is 4.74. The van der Waals surface area contributed by atoms with Crippen LogP contribution in [0.1, 0.15) is 31.7 Å². The van der Waals surface area contributed by atoms with Crippen LogP contribution in [0.4, 0.5) is 10.1 Å². The average Bonchev–Trinajstić information content (AvgIpc) is 2.25. The zero-order valence-corrected chi connectivity index (χ0v) is 12.2. The first-order valence-electron chi connectivity index (χ1n) is 5.91. The van der Waals surface area contributed by atoms with Crippen molar-refractivity contribution in [3.63, 3.8) is 0 Å². The molecule has 0 aromatic heterocycles. The van der Waals surface area contributed by atoms with Crippen LogP contribution in [0, 0.1) is 12.7 Å². The Balaban J connectivity index is 2.57. The van der Waals surface area contributed by atoms with Crippen molar-refractivity contribution in [2.45, 2.75) is 39.2 Å². The fraction of sp³-hybridized carbons (Fsp3) is 0.462. The van der Waals surface area contributed by atoms with Gasteiger partial charge in [-0.25, -0.2) is 4.39 Å². The van der Waals surface area contributed by atoms with E-state index in [1.807, 2.05) is 6.92 Å². The lowest BCUT2D eigenvalue weighted by Crippen LogP contribution is -2.17. The van der Waals surface area contributed by atoms with E-state index in [0.717, 1.165) is 12.8 Å². The van der Waals surface area contributed by atoms with Crippen molar-refractivity contribution in [3.05, 3.63) is 28.0 Å². The Bertz CT molecular complexity index is 435. The van der Waals surface area contributed by atoms with Gasteiger partial charge in [0.15, 0.2) is 0 Å². The van der Waals surface area contributed by atoms with Crippen LogP contribution < -0.4 is 11.1 Å². The summed E-state index contributed by atoms with van der Waals surface area (Å²) in [7, 11) is 0. The number of nitrogens with one attached hydrogen (secondary N) is 1. The van der Waals surface area contributed by atoms with Crippen LogP contribution in [0.25, 0.3) is 0 Å². The quantitative estimate of drug-likeness (QED) is 0.875. The van der Waals surface area contributed by atoms with E-state index in [4.69, 9.17) is 5.73 Å². The lowest BCUT2D eigenvalue weighted by molar-refractivity contribution is -0.116. The number of amides is 1. The molecule has 0 saturated heterocycles. The summed E-state index contributed by atoms with van der Waals surface area (Å²) >= 11 is 3.10. The van der Waals surface area contributed by atoms with Gasteiger partial charge in [0.1, 0.15) is 5.82 Å². The molecule has 0 saturated carbocycles. The van der Waals surface area contributed by atoms with E-state index in [0.29, 0.717) is 22.1 Å². The number of nitrogens with two attached hydrogens (primary N) is 1. The van der Waals surface area contributed by atoms with Crippen molar-refractivity contribution < 1.29 is 9.18 Å². The number of carbonyl (C=O) groups is 1. The van der Waals surface area contributed by atoms with Crippen LogP contribution in [0.2, 0.25) is 0 Å². The molecule has 1 rings (SSSR count). The Hall–Kier alpha value is -0.940. The normalized spacial score (nSPS) is 12.3. The second-order valence-corrected chi connectivity index (χ2v) is 5.35. The van der Waals surface area contributed by atoms with Gasteiger partial charge in [-0.15, -0.1) is 0 Å². The molecule has 0 aliphatic carbocycles. The Morgan fingerprint density at radius 1 is 1.56 bits per heavy atom. The van der Waals surface area contributed by atoms with Gasteiger partial charge in [0.25, 0.3) is 0 Å². The monoisotopic (exact) mass is 316 g/mol. The van der Waals surface area contributed by atoms with E-state index in [9.17, 15) is 9.18 Å². The summed E-state index contributed by atoms with van der Waals surface area (Å²) in [6.07, 6.45) is 2.00. The van der Waals surface area contributed by atoms with Gasteiger partial charge in [-0.3, -0.25) is 4.79 Å². The standard InChI is InChI=1S/C13H18BrFN2O/c1-8-6-11(15)10(14)7-12(8)17-13(18)5-3-4-9(2)16/h6-7,9H,3-5,16H2,1-2H3,(H,17,18). The topological polar surface area (TPSA) is 55.1 Å². The molecule has 0 fully saturated rings. The zero-order chi connectivity index (χ0) is 13.7. The van der Waals surface area contributed by atoms with Gasteiger partial charge in [-0.2, -0.15) is 0 Å². The van der Waals surface area contributed by atoms with E-state index < -0.39 is 0 Å². The summed E-state index contributed by atoms with van der Waals surface area (Å²) in [4.78, 5) is 11.7. The lowest BCUT2D eigenvalue weighted by Gasteiger charge is -2.10. The van der Waals surface area contributed by atoms with Crippen molar-refractivity contribution in [1.29, 1.82) is 0 Å². The summed E-state index contributed by atoms with van der Waals surface area (Å²) in [5.74, 6) is -0.403. The third-order valence-electron chi connectivity index (χ3n) is 2.60. The smallest absolute Gasteiger partial charge is 0.224 e. The molecule has 0 aliphatic heterocycles. The summed E-state index contributed by atoms with van der Waals surface area (Å²) in [5.41, 5.74) is 6.95. The number of hydrogen-bond donors (Lipinski definition) is 2. The van der Waals surface area contributed by atoms with Crippen molar-refractivity contribution in [1.82, 2.24) is 0 Å². The first kappa shape index (κ1) is 15.1. The number of anilines is 1. The van der Waals surface area contributed by atoms with E-state index in [1.165, 1.54) is 6.07 Å². The van der Waals surface area contributed by atoms with E-state index in [2.05, 4.69) is 21.2 Å². The average molecular weight is 317 g/mol. The maximum absolute atomic E-state index is 13.2. The minimum Gasteiger partial charge on any atom is -0.328 e. The SMILES string of the molecule is Cc1cc(F)c(Br)cc1NC(=O)CCCC(C)N. The highest BCUT2D eigenvalue weighted by Crippen LogP contribution is 2.24. The second-order valence-electron chi connectivity index (χ2n) is 4.50. The van der Waals surface area contributed by atoms with Crippen LogP contribution in [0.5, 0.6) is 0 Å². The molecule has 1 aromatic rings. The van der Waals surface area contributed by atoms with Crippen LogP contribution in [-0.2, 0) is 4.79 Å². The summed E-state index contributed by atoms with van der Waals surface area (Å²) in [5, 5.41) is 2.78. The maximum Gasteiger partial charge on any atom is 0.224 e. The number of benzene rings is 1. The van der Waals surface area contributed by atoms with Crippen LogP contribution in [0.3, 0.4) is 0 Å². The number of aryl methyl sites for hydroxylation is 1. The molecule has 0 radical (unpaired) electrons. The minimum atomic E-state index is -0.331. The van der Waals surface area contributed by atoms with E-state index >= 15 is 0 Å². The van der Waals surface area contributed by atoms with Crippen molar-refractivity contribution in [2.75, 3.05) is 5.32 Å². The highest BCUT2D eigenvalue weighted by Gasteiger charge is 2.08. The largest absolute Gasteiger partial charge is 0.328 e. The van der Waals surface area contributed by atoms with Crippen LogP contribution in [-0.4, -0.2) is 11.9 Å². The molecule has 0 spiro atoms. The zero-order valence-electron chi connectivity index (χ0n) is 10.6. The number of halogens is 2. The second kappa shape index (κ2) is 6.85. The predicted molar refractivity (Wildman–Crippen MR) is 75.0 cm³/mol. The maximum atomic E-state index is 13.2. The third-order valence-corrected chi connectivity index (χ3v) is 3.21. The lowest BCUT2D eigenvalue weighted by atomic mass is 10.1. The molecule has 1 amide bonds. The highest BCUT2D eigenvalue weighted by atomic mass is 79.9. The van der Waals surface area contributed by atoms with E-state index in [-0.39, 0.29) is 17.8 Å².